The summed E-state index contributed by atoms with van der Waals surface area (Å²) in [6.45, 7) is 0. The van der Waals surface area contributed by atoms with Gasteiger partial charge in [0.2, 0.25) is 0 Å². The smallest absolute Gasteiger partial charge is 0.135 e. The number of aromatic hydroxyl groups is 1. The van der Waals surface area contributed by atoms with Crippen LogP contribution < -0.4 is 0 Å². The van der Waals surface area contributed by atoms with Crippen LogP contribution in [0, 0.1) is 0 Å². The molecule has 0 amide bonds. The molecule has 0 unspecified atom stereocenters. The summed E-state index contributed by atoms with van der Waals surface area (Å²) in [5.41, 5.74) is 1.19. The largest absolute Gasteiger partial charge is 0.506 e. The lowest BCUT2D eigenvalue weighted by Gasteiger charge is -2.06. The molecule has 5 heteroatoms. The van der Waals surface area contributed by atoms with Crippen molar-refractivity contribution < 1.29 is 5.11 Å². The third-order valence-electron chi connectivity index (χ3n) is 2.01. The molecule has 0 radical (unpaired) electrons. The van der Waals surface area contributed by atoms with E-state index in [1.165, 1.54) is 12.3 Å². The van der Waals surface area contributed by atoms with Gasteiger partial charge in [-0.1, -0.05) is 34.8 Å². The van der Waals surface area contributed by atoms with Crippen LogP contribution in [0.5, 0.6) is 5.75 Å². The van der Waals surface area contributed by atoms with Crippen molar-refractivity contribution in [2.45, 2.75) is 0 Å². The lowest BCUT2D eigenvalue weighted by atomic mass is 10.1. The Morgan fingerprint density at radius 2 is 1.75 bits per heavy atom. The second-order valence-corrected chi connectivity index (χ2v) is 4.40. The van der Waals surface area contributed by atoms with E-state index in [1.807, 2.05) is 0 Å². The highest BCUT2D eigenvalue weighted by atomic mass is 35.5. The minimum atomic E-state index is 0.0128. The molecule has 0 aliphatic rings. The maximum atomic E-state index is 9.20. The van der Waals surface area contributed by atoms with Crippen LogP contribution in [-0.4, -0.2) is 10.1 Å². The molecular weight excluding hydrogens is 268 g/mol. The Balaban J connectivity index is 2.59. The molecule has 0 saturated carbocycles. The predicted octanol–water partition coefficient (Wildman–Crippen LogP) is 4.41. The zero-order valence-corrected chi connectivity index (χ0v) is 10.2. The summed E-state index contributed by atoms with van der Waals surface area (Å²) < 4.78 is 0. The first-order chi connectivity index (χ1) is 7.58. The molecule has 0 atom stereocenters. The minimum Gasteiger partial charge on any atom is -0.506 e. The lowest BCUT2D eigenvalue weighted by molar-refractivity contribution is 0.473. The molecule has 82 valence electrons. The average Bonchev–Trinajstić information content (AvgIpc) is 2.19. The van der Waals surface area contributed by atoms with Crippen LogP contribution in [0.3, 0.4) is 0 Å². The molecule has 1 aromatic heterocycles. The van der Waals surface area contributed by atoms with Crippen LogP contribution in [0.25, 0.3) is 11.3 Å². The first kappa shape index (κ1) is 11.5. The number of halogens is 3. The Hall–Kier alpha value is -0.960. The van der Waals surface area contributed by atoms with Gasteiger partial charge in [-0.15, -0.1) is 0 Å². The van der Waals surface area contributed by atoms with E-state index in [1.54, 1.807) is 18.2 Å². The van der Waals surface area contributed by atoms with Crippen molar-refractivity contribution in [3.8, 4) is 17.0 Å². The Bertz CT molecular complexity index is 493. The summed E-state index contributed by atoms with van der Waals surface area (Å²) in [6.07, 6.45) is 1.31. The van der Waals surface area contributed by atoms with Gasteiger partial charge in [0.15, 0.2) is 0 Å². The van der Waals surface area contributed by atoms with Crippen LogP contribution >= 0.6 is 34.8 Å². The van der Waals surface area contributed by atoms with Crippen LogP contribution in [-0.2, 0) is 0 Å². The van der Waals surface area contributed by atoms with E-state index >= 15 is 0 Å². The summed E-state index contributed by atoms with van der Waals surface area (Å²) in [4.78, 5) is 4.03. The van der Waals surface area contributed by atoms with Gasteiger partial charge in [-0.05, 0) is 18.2 Å². The molecule has 0 spiro atoms. The topological polar surface area (TPSA) is 33.1 Å². The Labute approximate surface area is 107 Å². The molecule has 2 rings (SSSR count). The fraction of sp³-hybridized carbons (Fsp3) is 0. The Morgan fingerprint density at radius 1 is 1.00 bits per heavy atom. The fourth-order valence-electron chi connectivity index (χ4n) is 1.31. The van der Waals surface area contributed by atoms with Gasteiger partial charge in [0, 0.05) is 16.7 Å². The number of hydrogen-bond acceptors (Lipinski definition) is 2. The highest BCUT2D eigenvalue weighted by Gasteiger charge is 2.10. The molecular formula is C11H6Cl3NO. The number of pyridine rings is 1. The summed E-state index contributed by atoms with van der Waals surface area (Å²) in [6, 6.07) is 6.46. The Kier molecular flexibility index (Phi) is 3.24. The maximum Gasteiger partial charge on any atom is 0.135 e. The second-order valence-electron chi connectivity index (χ2n) is 3.15. The maximum absolute atomic E-state index is 9.20. The van der Waals surface area contributed by atoms with Crippen LogP contribution in [0.4, 0.5) is 0 Å². The van der Waals surface area contributed by atoms with E-state index in [2.05, 4.69) is 4.98 Å². The number of nitrogens with zero attached hydrogens (tertiary/aromatic N) is 1. The van der Waals surface area contributed by atoms with Gasteiger partial charge in [0.25, 0.3) is 0 Å². The van der Waals surface area contributed by atoms with Gasteiger partial charge in [0.05, 0.1) is 21.9 Å². The number of benzene rings is 1. The monoisotopic (exact) mass is 273 g/mol. The van der Waals surface area contributed by atoms with Crippen molar-refractivity contribution in [2.24, 2.45) is 0 Å². The minimum absolute atomic E-state index is 0.0128. The molecule has 1 N–H and O–H groups in total. The quantitative estimate of drug-likeness (QED) is 0.835. The Morgan fingerprint density at radius 3 is 2.38 bits per heavy atom. The van der Waals surface area contributed by atoms with E-state index in [4.69, 9.17) is 34.8 Å². The van der Waals surface area contributed by atoms with Gasteiger partial charge in [-0.3, -0.25) is 4.98 Å². The van der Waals surface area contributed by atoms with Crippen LogP contribution in [0.2, 0.25) is 15.1 Å². The van der Waals surface area contributed by atoms with E-state index in [0.29, 0.717) is 26.3 Å². The van der Waals surface area contributed by atoms with Crippen molar-refractivity contribution in [2.75, 3.05) is 0 Å². The molecule has 0 bridgehead atoms. The average molecular weight is 275 g/mol. The van der Waals surface area contributed by atoms with Gasteiger partial charge in [-0.25, -0.2) is 0 Å². The standard InChI is InChI=1S/C11H6Cl3NO/c12-6-1-2-8(9(13)3-6)11-10(14)4-7(16)5-15-11/h1-5,16H. The molecule has 1 heterocycles. The molecule has 0 fully saturated rings. The molecule has 0 aliphatic carbocycles. The lowest BCUT2D eigenvalue weighted by Crippen LogP contribution is -1.86. The predicted molar refractivity (Wildman–Crippen MR) is 66.4 cm³/mol. The first-order valence-corrected chi connectivity index (χ1v) is 5.51. The number of hydrogen-bond donors (Lipinski definition) is 1. The van der Waals surface area contributed by atoms with Crippen molar-refractivity contribution in [1.82, 2.24) is 4.98 Å². The van der Waals surface area contributed by atoms with E-state index in [9.17, 15) is 5.11 Å². The van der Waals surface area contributed by atoms with Gasteiger partial charge in [-0.2, -0.15) is 0 Å². The number of rotatable bonds is 1. The van der Waals surface area contributed by atoms with E-state index < -0.39 is 0 Å². The number of aromatic nitrogens is 1. The van der Waals surface area contributed by atoms with Crippen molar-refractivity contribution in [1.29, 1.82) is 0 Å². The highest BCUT2D eigenvalue weighted by molar-refractivity contribution is 6.38. The fourth-order valence-corrected chi connectivity index (χ4v) is 2.07. The van der Waals surface area contributed by atoms with Gasteiger partial charge >= 0.3 is 0 Å². The van der Waals surface area contributed by atoms with Crippen molar-refractivity contribution in [3.63, 3.8) is 0 Å². The van der Waals surface area contributed by atoms with E-state index in [-0.39, 0.29) is 5.75 Å². The molecule has 1 aromatic carbocycles. The zero-order valence-electron chi connectivity index (χ0n) is 7.92. The zero-order chi connectivity index (χ0) is 11.7. The van der Waals surface area contributed by atoms with Gasteiger partial charge in [0.1, 0.15) is 5.75 Å². The molecule has 0 saturated heterocycles. The SMILES string of the molecule is Oc1cnc(-c2ccc(Cl)cc2Cl)c(Cl)c1. The summed E-state index contributed by atoms with van der Waals surface area (Å²) in [7, 11) is 0. The van der Waals surface area contributed by atoms with Crippen LogP contribution in [0.15, 0.2) is 30.5 Å². The summed E-state index contributed by atoms with van der Waals surface area (Å²) in [5.74, 6) is 0.0128. The second kappa shape index (κ2) is 4.50. The normalized spacial score (nSPS) is 10.4. The van der Waals surface area contributed by atoms with E-state index in [0.717, 1.165) is 0 Å². The molecule has 16 heavy (non-hydrogen) atoms. The molecule has 0 aliphatic heterocycles. The third kappa shape index (κ3) is 2.24. The van der Waals surface area contributed by atoms with Crippen LogP contribution in [0.1, 0.15) is 0 Å². The summed E-state index contributed by atoms with van der Waals surface area (Å²) in [5, 5.41) is 10.5. The van der Waals surface area contributed by atoms with Gasteiger partial charge < -0.3 is 5.11 Å². The molecule has 2 nitrogen and oxygen atoms in total. The molecule has 2 aromatic rings. The summed E-state index contributed by atoms with van der Waals surface area (Å²) >= 11 is 17.8. The van der Waals surface area contributed by atoms with Crippen molar-refractivity contribution in [3.05, 3.63) is 45.5 Å². The van der Waals surface area contributed by atoms with Crippen molar-refractivity contribution >= 4 is 34.8 Å². The highest BCUT2D eigenvalue weighted by Crippen LogP contribution is 2.34. The third-order valence-corrected chi connectivity index (χ3v) is 2.85. The first-order valence-electron chi connectivity index (χ1n) is 4.38.